The van der Waals surface area contributed by atoms with Gasteiger partial charge in [-0.1, -0.05) is 6.92 Å². The number of aromatic nitrogens is 2. The molecule has 94 valence electrons. The lowest BCUT2D eigenvalue weighted by Gasteiger charge is -2.28. The van der Waals surface area contributed by atoms with E-state index in [2.05, 4.69) is 27.1 Å². The summed E-state index contributed by atoms with van der Waals surface area (Å²) in [5, 5.41) is 3.21. The zero-order chi connectivity index (χ0) is 12.1. The molecule has 1 aliphatic rings. The molecule has 0 aliphatic carbocycles. The van der Waals surface area contributed by atoms with Crippen LogP contribution in [0.4, 0.5) is 17.3 Å². The average molecular weight is 237 g/mol. The van der Waals surface area contributed by atoms with Crippen LogP contribution in [0.1, 0.15) is 13.3 Å². The van der Waals surface area contributed by atoms with E-state index < -0.39 is 0 Å². The van der Waals surface area contributed by atoms with Crippen molar-refractivity contribution in [2.75, 3.05) is 48.8 Å². The third-order valence-corrected chi connectivity index (χ3v) is 2.72. The minimum Gasteiger partial charge on any atom is -0.393 e. The molecule has 0 spiro atoms. The smallest absolute Gasteiger partial charge is 0.157 e. The fourth-order valence-corrected chi connectivity index (χ4v) is 1.80. The van der Waals surface area contributed by atoms with Crippen molar-refractivity contribution in [2.45, 2.75) is 13.3 Å². The summed E-state index contributed by atoms with van der Waals surface area (Å²) in [4.78, 5) is 10.6. The van der Waals surface area contributed by atoms with Gasteiger partial charge in [-0.15, -0.1) is 0 Å². The van der Waals surface area contributed by atoms with E-state index in [4.69, 9.17) is 10.5 Å². The quantitative estimate of drug-likeness (QED) is 0.803. The van der Waals surface area contributed by atoms with Crippen LogP contribution in [-0.2, 0) is 4.74 Å². The predicted octanol–water partition coefficient (Wildman–Crippen LogP) is 0.717. The Morgan fingerprint density at radius 2 is 2.18 bits per heavy atom. The van der Waals surface area contributed by atoms with Crippen LogP contribution in [0.3, 0.4) is 0 Å². The number of nitrogens with one attached hydrogen (secondary N) is 1. The SMILES string of the molecule is CCCNc1ncnc(N2CCOCC2)c1N. The molecule has 1 aromatic rings. The van der Waals surface area contributed by atoms with Crippen molar-refractivity contribution in [3.05, 3.63) is 6.33 Å². The molecule has 2 rings (SSSR count). The van der Waals surface area contributed by atoms with Gasteiger partial charge in [0.1, 0.15) is 12.0 Å². The number of morpholine rings is 1. The Labute approximate surface area is 101 Å². The molecule has 0 unspecified atom stereocenters. The molecule has 2 heterocycles. The van der Waals surface area contributed by atoms with E-state index in [9.17, 15) is 0 Å². The molecule has 6 nitrogen and oxygen atoms in total. The first kappa shape index (κ1) is 11.9. The van der Waals surface area contributed by atoms with Crippen molar-refractivity contribution in [3.63, 3.8) is 0 Å². The highest BCUT2D eigenvalue weighted by atomic mass is 16.5. The lowest BCUT2D eigenvalue weighted by molar-refractivity contribution is 0.122. The number of nitrogens with two attached hydrogens (primary N) is 1. The zero-order valence-electron chi connectivity index (χ0n) is 10.1. The topological polar surface area (TPSA) is 76.3 Å². The molecule has 1 aromatic heterocycles. The highest BCUT2D eigenvalue weighted by Crippen LogP contribution is 2.26. The summed E-state index contributed by atoms with van der Waals surface area (Å²) in [7, 11) is 0. The first-order valence-electron chi connectivity index (χ1n) is 6.00. The van der Waals surface area contributed by atoms with E-state index in [1.165, 1.54) is 0 Å². The van der Waals surface area contributed by atoms with Crippen molar-refractivity contribution in [1.29, 1.82) is 0 Å². The van der Waals surface area contributed by atoms with Crippen LogP contribution >= 0.6 is 0 Å². The van der Waals surface area contributed by atoms with Crippen molar-refractivity contribution in [3.8, 4) is 0 Å². The van der Waals surface area contributed by atoms with Crippen LogP contribution in [-0.4, -0.2) is 42.8 Å². The highest BCUT2D eigenvalue weighted by molar-refractivity contribution is 5.74. The fraction of sp³-hybridized carbons (Fsp3) is 0.636. The van der Waals surface area contributed by atoms with Crippen LogP contribution < -0.4 is 16.0 Å². The predicted molar refractivity (Wildman–Crippen MR) is 68.3 cm³/mol. The Balaban J connectivity index is 2.15. The maximum Gasteiger partial charge on any atom is 0.157 e. The summed E-state index contributed by atoms with van der Waals surface area (Å²) in [5.74, 6) is 1.53. The fourth-order valence-electron chi connectivity index (χ4n) is 1.80. The third-order valence-electron chi connectivity index (χ3n) is 2.72. The van der Waals surface area contributed by atoms with Crippen molar-refractivity contribution >= 4 is 17.3 Å². The lowest BCUT2D eigenvalue weighted by atomic mass is 10.3. The molecule has 0 aromatic carbocycles. The zero-order valence-corrected chi connectivity index (χ0v) is 10.1. The van der Waals surface area contributed by atoms with E-state index in [1.54, 1.807) is 6.33 Å². The van der Waals surface area contributed by atoms with Gasteiger partial charge in [0.15, 0.2) is 11.6 Å². The summed E-state index contributed by atoms with van der Waals surface area (Å²) in [5.41, 5.74) is 6.71. The van der Waals surface area contributed by atoms with Gasteiger partial charge in [-0.2, -0.15) is 0 Å². The molecule has 0 amide bonds. The minimum absolute atomic E-state index is 0.628. The molecule has 1 saturated heterocycles. The Morgan fingerprint density at radius 1 is 1.41 bits per heavy atom. The Kier molecular flexibility index (Phi) is 3.98. The number of anilines is 3. The second-order valence-corrected chi connectivity index (χ2v) is 3.99. The molecule has 6 heteroatoms. The van der Waals surface area contributed by atoms with Crippen LogP contribution in [0.15, 0.2) is 6.33 Å². The Bertz CT molecular complexity index is 365. The number of nitrogens with zero attached hydrogens (tertiary/aromatic N) is 3. The van der Waals surface area contributed by atoms with Gasteiger partial charge in [-0.25, -0.2) is 9.97 Å². The standard InChI is InChI=1S/C11H19N5O/c1-2-3-13-10-9(12)11(15-8-14-10)16-4-6-17-7-5-16/h8H,2-7,12H2,1H3,(H,13,14,15). The van der Waals surface area contributed by atoms with Gasteiger partial charge in [0, 0.05) is 19.6 Å². The normalized spacial score (nSPS) is 15.9. The van der Waals surface area contributed by atoms with E-state index in [0.29, 0.717) is 5.69 Å². The molecule has 1 aliphatic heterocycles. The first-order valence-corrected chi connectivity index (χ1v) is 6.00. The number of hydrogen-bond acceptors (Lipinski definition) is 6. The minimum atomic E-state index is 0.628. The molecule has 1 fully saturated rings. The van der Waals surface area contributed by atoms with E-state index in [-0.39, 0.29) is 0 Å². The number of nitrogen functional groups attached to an aromatic ring is 1. The van der Waals surface area contributed by atoms with Crippen molar-refractivity contribution in [1.82, 2.24) is 9.97 Å². The van der Waals surface area contributed by atoms with E-state index in [1.807, 2.05) is 0 Å². The van der Waals surface area contributed by atoms with Gasteiger partial charge in [0.2, 0.25) is 0 Å². The summed E-state index contributed by atoms with van der Waals surface area (Å²) >= 11 is 0. The molecular formula is C11H19N5O. The van der Waals surface area contributed by atoms with Crippen LogP contribution in [0.25, 0.3) is 0 Å². The van der Waals surface area contributed by atoms with Gasteiger partial charge in [0.05, 0.1) is 13.2 Å². The summed E-state index contributed by atoms with van der Waals surface area (Å²) in [6.07, 6.45) is 2.59. The molecule has 0 atom stereocenters. The van der Waals surface area contributed by atoms with Crippen LogP contribution in [0, 0.1) is 0 Å². The summed E-state index contributed by atoms with van der Waals surface area (Å²) in [6.45, 7) is 6.07. The van der Waals surface area contributed by atoms with Gasteiger partial charge in [0.25, 0.3) is 0 Å². The summed E-state index contributed by atoms with van der Waals surface area (Å²) < 4.78 is 5.31. The third kappa shape index (κ3) is 2.76. The number of rotatable bonds is 4. The Morgan fingerprint density at radius 3 is 2.88 bits per heavy atom. The van der Waals surface area contributed by atoms with E-state index in [0.717, 1.165) is 50.9 Å². The molecule has 0 bridgehead atoms. The number of hydrogen-bond donors (Lipinski definition) is 2. The van der Waals surface area contributed by atoms with E-state index >= 15 is 0 Å². The van der Waals surface area contributed by atoms with Crippen molar-refractivity contribution < 1.29 is 4.74 Å². The monoisotopic (exact) mass is 237 g/mol. The average Bonchev–Trinajstić information content (AvgIpc) is 2.39. The van der Waals surface area contributed by atoms with Crippen LogP contribution in [0.5, 0.6) is 0 Å². The molecule has 17 heavy (non-hydrogen) atoms. The summed E-state index contributed by atoms with van der Waals surface area (Å²) in [6, 6.07) is 0. The maximum atomic E-state index is 6.08. The van der Waals surface area contributed by atoms with Crippen molar-refractivity contribution in [2.24, 2.45) is 0 Å². The Hall–Kier alpha value is -1.56. The molecule has 0 radical (unpaired) electrons. The molecule has 3 N–H and O–H groups in total. The largest absolute Gasteiger partial charge is 0.393 e. The van der Waals surface area contributed by atoms with Crippen LogP contribution in [0.2, 0.25) is 0 Å². The van der Waals surface area contributed by atoms with Gasteiger partial charge in [-0.3, -0.25) is 0 Å². The van der Waals surface area contributed by atoms with Gasteiger partial charge >= 0.3 is 0 Å². The molecule has 0 saturated carbocycles. The first-order chi connectivity index (χ1) is 8.33. The van der Waals surface area contributed by atoms with Gasteiger partial charge in [-0.05, 0) is 6.42 Å². The lowest BCUT2D eigenvalue weighted by Crippen LogP contribution is -2.37. The number of ether oxygens (including phenoxy) is 1. The van der Waals surface area contributed by atoms with Gasteiger partial charge < -0.3 is 20.7 Å². The maximum absolute atomic E-state index is 6.08. The molecular weight excluding hydrogens is 218 g/mol. The second-order valence-electron chi connectivity index (χ2n) is 3.99. The highest BCUT2D eigenvalue weighted by Gasteiger charge is 2.17. The second kappa shape index (κ2) is 5.67.